The lowest BCUT2D eigenvalue weighted by molar-refractivity contribution is 1.04. The molecule has 0 unspecified atom stereocenters. The molecule has 0 spiro atoms. The van der Waals surface area contributed by atoms with Gasteiger partial charge in [-0.05, 0) is 18.6 Å². The van der Waals surface area contributed by atoms with Crippen molar-refractivity contribution < 1.29 is 0 Å². The molecule has 0 amide bonds. The van der Waals surface area contributed by atoms with Gasteiger partial charge in [-0.1, -0.05) is 6.58 Å². The maximum Gasteiger partial charge on any atom is 0.0683 e. The van der Waals surface area contributed by atoms with Gasteiger partial charge in [0.2, 0.25) is 0 Å². The van der Waals surface area contributed by atoms with E-state index in [1.54, 1.807) is 0 Å². The highest BCUT2D eigenvalue weighted by molar-refractivity contribution is 5.66. The standard InChI is InChI=1S/C9H10N2/c1-7-5-9-8(2)10-3-4-11(9)6-7/h3-6,10H,2H2,1H3. The molecule has 0 bridgehead atoms. The molecule has 2 nitrogen and oxygen atoms in total. The lowest BCUT2D eigenvalue weighted by atomic mass is 10.3. The van der Waals surface area contributed by atoms with Crippen LogP contribution in [0.1, 0.15) is 11.3 Å². The van der Waals surface area contributed by atoms with Gasteiger partial charge in [-0.25, -0.2) is 0 Å². The highest BCUT2D eigenvalue weighted by atomic mass is 15.0. The Bertz CT molecular complexity index is 331. The zero-order valence-electron chi connectivity index (χ0n) is 6.46. The molecule has 1 N–H and O–H groups in total. The summed E-state index contributed by atoms with van der Waals surface area (Å²) in [5.74, 6) is 0. The number of aromatic nitrogens is 1. The van der Waals surface area contributed by atoms with E-state index >= 15 is 0 Å². The van der Waals surface area contributed by atoms with Gasteiger partial charge in [-0.3, -0.25) is 0 Å². The van der Waals surface area contributed by atoms with Gasteiger partial charge in [-0.2, -0.15) is 0 Å². The first kappa shape index (κ1) is 6.28. The van der Waals surface area contributed by atoms with Gasteiger partial charge in [0.25, 0.3) is 0 Å². The Morgan fingerprint density at radius 1 is 1.55 bits per heavy atom. The predicted molar refractivity (Wildman–Crippen MR) is 46.7 cm³/mol. The topological polar surface area (TPSA) is 17.0 Å². The minimum absolute atomic E-state index is 0.959. The summed E-state index contributed by atoms with van der Waals surface area (Å²) in [6.07, 6.45) is 5.95. The van der Waals surface area contributed by atoms with Crippen molar-refractivity contribution in [3.8, 4) is 0 Å². The largest absolute Gasteiger partial charge is 0.359 e. The van der Waals surface area contributed by atoms with E-state index < -0.39 is 0 Å². The minimum Gasteiger partial charge on any atom is -0.359 e. The summed E-state index contributed by atoms with van der Waals surface area (Å²) < 4.78 is 2.06. The van der Waals surface area contributed by atoms with Gasteiger partial charge >= 0.3 is 0 Å². The van der Waals surface area contributed by atoms with Gasteiger partial charge in [0.1, 0.15) is 0 Å². The van der Waals surface area contributed by atoms with Crippen LogP contribution < -0.4 is 5.32 Å². The summed E-state index contributed by atoms with van der Waals surface area (Å²) in [5.41, 5.74) is 3.36. The third-order valence-corrected chi connectivity index (χ3v) is 1.79. The zero-order chi connectivity index (χ0) is 7.84. The van der Waals surface area contributed by atoms with Gasteiger partial charge < -0.3 is 9.88 Å². The molecule has 1 aliphatic heterocycles. The quantitative estimate of drug-likeness (QED) is 0.590. The van der Waals surface area contributed by atoms with E-state index in [1.807, 2.05) is 12.4 Å². The summed E-state index contributed by atoms with van der Waals surface area (Å²) >= 11 is 0. The van der Waals surface area contributed by atoms with Crippen LogP contribution in [0.2, 0.25) is 0 Å². The highest BCUT2D eigenvalue weighted by Crippen LogP contribution is 2.17. The molecular formula is C9H10N2. The zero-order valence-corrected chi connectivity index (χ0v) is 6.46. The fourth-order valence-electron chi connectivity index (χ4n) is 1.27. The first-order chi connectivity index (χ1) is 5.27. The predicted octanol–water partition coefficient (Wildman–Crippen LogP) is 1.80. The third-order valence-electron chi connectivity index (χ3n) is 1.79. The molecule has 2 rings (SSSR count). The van der Waals surface area contributed by atoms with E-state index in [-0.39, 0.29) is 0 Å². The molecule has 0 radical (unpaired) electrons. The molecular weight excluding hydrogens is 136 g/mol. The molecule has 2 heteroatoms. The number of aryl methyl sites for hydroxylation is 1. The van der Waals surface area contributed by atoms with Crippen LogP contribution >= 0.6 is 0 Å². The van der Waals surface area contributed by atoms with Crippen molar-refractivity contribution in [1.82, 2.24) is 9.88 Å². The van der Waals surface area contributed by atoms with Crippen LogP contribution in [0.3, 0.4) is 0 Å². The van der Waals surface area contributed by atoms with E-state index in [2.05, 4.69) is 35.6 Å². The SMILES string of the molecule is C=C1NC=Cn2cc(C)cc21. The van der Waals surface area contributed by atoms with E-state index in [9.17, 15) is 0 Å². The second-order valence-electron chi connectivity index (χ2n) is 2.75. The van der Waals surface area contributed by atoms with Crippen LogP contribution in [0.15, 0.2) is 25.0 Å². The summed E-state index contributed by atoms with van der Waals surface area (Å²) in [6.45, 7) is 5.96. The first-order valence-electron chi connectivity index (χ1n) is 3.58. The Morgan fingerprint density at radius 3 is 3.09 bits per heavy atom. The molecule has 0 aromatic carbocycles. The van der Waals surface area contributed by atoms with Crippen LogP contribution in [0.25, 0.3) is 11.9 Å². The number of fused-ring (bicyclic) bond motifs is 1. The fourth-order valence-corrected chi connectivity index (χ4v) is 1.27. The second kappa shape index (κ2) is 2.02. The minimum atomic E-state index is 0.959. The van der Waals surface area contributed by atoms with Crippen LogP contribution in [0, 0.1) is 6.92 Å². The first-order valence-corrected chi connectivity index (χ1v) is 3.58. The molecule has 0 atom stereocenters. The van der Waals surface area contributed by atoms with E-state index in [4.69, 9.17) is 0 Å². The normalized spacial score (nSPS) is 14.5. The van der Waals surface area contributed by atoms with E-state index in [0.717, 1.165) is 11.4 Å². The number of nitrogens with zero attached hydrogens (tertiary/aromatic N) is 1. The average Bonchev–Trinajstić information content (AvgIpc) is 2.31. The Labute approximate surface area is 65.8 Å². The van der Waals surface area contributed by atoms with Crippen molar-refractivity contribution in [2.75, 3.05) is 0 Å². The van der Waals surface area contributed by atoms with Gasteiger partial charge in [0.15, 0.2) is 0 Å². The van der Waals surface area contributed by atoms with Crippen molar-refractivity contribution in [2.24, 2.45) is 0 Å². The monoisotopic (exact) mass is 146 g/mol. The summed E-state index contributed by atoms with van der Waals surface area (Å²) in [7, 11) is 0. The lowest BCUT2D eigenvalue weighted by Crippen LogP contribution is -2.10. The van der Waals surface area contributed by atoms with Crippen molar-refractivity contribution in [1.29, 1.82) is 0 Å². The molecule has 56 valence electrons. The van der Waals surface area contributed by atoms with Crippen molar-refractivity contribution >= 4 is 11.9 Å². The summed E-state index contributed by atoms with van der Waals surface area (Å²) in [4.78, 5) is 0. The smallest absolute Gasteiger partial charge is 0.0683 e. The highest BCUT2D eigenvalue weighted by Gasteiger charge is 2.06. The molecule has 0 aliphatic carbocycles. The van der Waals surface area contributed by atoms with E-state index in [0.29, 0.717) is 0 Å². The third kappa shape index (κ3) is 0.871. The molecule has 0 saturated carbocycles. The van der Waals surface area contributed by atoms with Gasteiger partial charge in [-0.15, -0.1) is 0 Å². The fraction of sp³-hybridized carbons (Fsp3) is 0.111. The average molecular weight is 146 g/mol. The Balaban J connectivity index is 2.62. The lowest BCUT2D eigenvalue weighted by Gasteiger charge is -2.12. The van der Waals surface area contributed by atoms with Crippen LogP contribution in [-0.2, 0) is 0 Å². The maximum atomic E-state index is 3.89. The summed E-state index contributed by atoms with van der Waals surface area (Å²) in [6, 6.07) is 2.11. The van der Waals surface area contributed by atoms with Crippen LogP contribution in [0.5, 0.6) is 0 Å². The number of hydrogen-bond donors (Lipinski definition) is 1. The number of nitrogens with one attached hydrogen (secondary N) is 1. The Kier molecular flexibility index (Phi) is 1.15. The second-order valence-corrected chi connectivity index (χ2v) is 2.75. The van der Waals surface area contributed by atoms with Crippen LogP contribution in [-0.4, -0.2) is 4.57 Å². The van der Waals surface area contributed by atoms with Crippen molar-refractivity contribution in [3.05, 3.63) is 36.3 Å². The summed E-state index contributed by atoms with van der Waals surface area (Å²) in [5, 5.41) is 3.06. The van der Waals surface area contributed by atoms with Gasteiger partial charge in [0, 0.05) is 18.6 Å². The maximum absolute atomic E-state index is 3.89. The molecule has 1 aliphatic rings. The number of rotatable bonds is 0. The molecule has 0 saturated heterocycles. The number of hydrogen-bond acceptors (Lipinski definition) is 1. The Hall–Kier alpha value is -1.44. The van der Waals surface area contributed by atoms with Gasteiger partial charge in [0.05, 0.1) is 11.4 Å². The molecule has 0 fully saturated rings. The molecule has 11 heavy (non-hydrogen) atoms. The Morgan fingerprint density at radius 2 is 2.36 bits per heavy atom. The molecule has 1 aromatic heterocycles. The van der Waals surface area contributed by atoms with Crippen molar-refractivity contribution in [3.63, 3.8) is 0 Å². The molecule has 1 aromatic rings. The van der Waals surface area contributed by atoms with E-state index in [1.165, 1.54) is 5.56 Å². The van der Waals surface area contributed by atoms with Crippen LogP contribution in [0.4, 0.5) is 0 Å². The van der Waals surface area contributed by atoms with Crippen molar-refractivity contribution in [2.45, 2.75) is 6.92 Å². The molecule has 2 heterocycles.